The maximum Gasteiger partial charge on any atom is 0.261 e. The van der Waals surface area contributed by atoms with E-state index in [0.717, 1.165) is 31.5 Å². The zero-order valence-electron chi connectivity index (χ0n) is 19.9. The van der Waals surface area contributed by atoms with Gasteiger partial charge in [-0.05, 0) is 74.4 Å². The van der Waals surface area contributed by atoms with Crippen molar-refractivity contribution in [2.75, 3.05) is 30.9 Å². The first-order valence-corrected chi connectivity index (χ1v) is 13.5. The van der Waals surface area contributed by atoms with Crippen LogP contribution >= 0.6 is 0 Å². The van der Waals surface area contributed by atoms with E-state index in [2.05, 4.69) is 11.6 Å². The molecule has 0 bridgehead atoms. The Morgan fingerprint density at radius 2 is 1.53 bits per heavy atom. The summed E-state index contributed by atoms with van der Waals surface area (Å²) in [6.45, 7) is 6.77. The molecule has 7 nitrogen and oxygen atoms in total. The van der Waals surface area contributed by atoms with Crippen LogP contribution in [0.3, 0.4) is 0 Å². The molecule has 2 aromatic carbocycles. The molecule has 2 fully saturated rings. The van der Waals surface area contributed by atoms with Gasteiger partial charge < -0.3 is 9.80 Å². The van der Waals surface area contributed by atoms with E-state index >= 15 is 0 Å². The van der Waals surface area contributed by atoms with E-state index in [4.69, 9.17) is 0 Å². The third-order valence-electron chi connectivity index (χ3n) is 6.89. The van der Waals surface area contributed by atoms with Crippen LogP contribution in [0.2, 0.25) is 0 Å². The summed E-state index contributed by atoms with van der Waals surface area (Å²) in [6, 6.07) is 13.3. The molecule has 0 radical (unpaired) electrons. The first-order valence-electron chi connectivity index (χ1n) is 12.0. The van der Waals surface area contributed by atoms with Crippen LogP contribution in [0.4, 0.5) is 5.69 Å². The zero-order chi connectivity index (χ0) is 24.3. The molecule has 2 saturated heterocycles. The minimum atomic E-state index is -3.82. The van der Waals surface area contributed by atoms with Crippen LogP contribution in [0.1, 0.15) is 48.5 Å². The summed E-state index contributed by atoms with van der Waals surface area (Å²) in [5, 5.41) is 0. The first kappa shape index (κ1) is 24.3. The Hall–Kier alpha value is -2.87. The third-order valence-corrected chi connectivity index (χ3v) is 8.27. The van der Waals surface area contributed by atoms with Crippen LogP contribution in [0.25, 0.3) is 0 Å². The van der Waals surface area contributed by atoms with Crippen molar-refractivity contribution in [2.45, 2.75) is 44.4 Å². The summed E-state index contributed by atoms with van der Waals surface area (Å²) >= 11 is 0. The molecular formula is C26H33N3O4S. The lowest BCUT2D eigenvalue weighted by molar-refractivity contribution is -0.138. The Morgan fingerprint density at radius 3 is 2.21 bits per heavy atom. The van der Waals surface area contributed by atoms with E-state index in [-0.39, 0.29) is 22.6 Å². The number of rotatable bonds is 5. The molecule has 1 N–H and O–H groups in total. The molecule has 182 valence electrons. The van der Waals surface area contributed by atoms with Crippen LogP contribution in [0, 0.1) is 18.8 Å². The number of hydrogen-bond acceptors (Lipinski definition) is 4. The second-order valence-electron chi connectivity index (χ2n) is 9.58. The lowest BCUT2D eigenvalue weighted by Gasteiger charge is -2.36. The monoisotopic (exact) mass is 483 g/mol. The van der Waals surface area contributed by atoms with E-state index in [9.17, 15) is 18.0 Å². The lowest BCUT2D eigenvalue weighted by atomic mass is 9.92. The van der Waals surface area contributed by atoms with Crippen molar-refractivity contribution in [2.24, 2.45) is 11.8 Å². The first-order chi connectivity index (χ1) is 16.2. The standard InChI is InChI=1S/C26H33N3O4S/c1-19-9-13-28(14-10-19)25(30)21-11-15-29(16-12-21)26(31)22-6-4-8-24(18-22)34(32,33)27-23-7-3-5-20(2)17-23/h3-8,17-19,21,27H,9-16H2,1-2H3. The van der Waals surface area contributed by atoms with Gasteiger partial charge in [-0.1, -0.05) is 25.1 Å². The van der Waals surface area contributed by atoms with Gasteiger partial charge in [0.05, 0.1) is 4.90 Å². The van der Waals surface area contributed by atoms with Gasteiger partial charge in [-0.3, -0.25) is 14.3 Å². The predicted molar refractivity (Wildman–Crippen MR) is 132 cm³/mol. The number of carbonyl (C=O) groups excluding carboxylic acids is 2. The third kappa shape index (κ3) is 5.60. The molecule has 0 unspecified atom stereocenters. The molecule has 0 saturated carbocycles. The topological polar surface area (TPSA) is 86.8 Å². The number of aryl methyl sites for hydroxylation is 1. The van der Waals surface area contributed by atoms with E-state index in [0.29, 0.717) is 43.1 Å². The number of likely N-dealkylation sites (tertiary alicyclic amines) is 2. The molecule has 2 aromatic rings. The fourth-order valence-electron chi connectivity index (χ4n) is 4.72. The summed E-state index contributed by atoms with van der Waals surface area (Å²) in [6.07, 6.45) is 3.40. The highest BCUT2D eigenvalue weighted by Crippen LogP contribution is 2.25. The molecule has 0 aromatic heterocycles. The van der Waals surface area contributed by atoms with Crippen LogP contribution in [0.5, 0.6) is 0 Å². The summed E-state index contributed by atoms with van der Waals surface area (Å²) in [4.78, 5) is 29.7. The molecule has 0 atom stereocenters. The zero-order valence-corrected chi connectivity index (χ0v) is 20.7. The van der Waals surface area contributed by atoms with Crippen molar-refractivity contribution in [3.63, 3.8) is 0 Å². The largest absolute Gasteiger partial charge is 0.342 e. The predicted octanol–water partition coefficient (Wildman–Crippen LogP) is 3.91. The molecule has 4 rings (SSSR count). The Labute approximate surface area is 202 Å². The average Bonchev–Trinajstić information content (AvgIpc) is 2.83. The van der Waals surface area contributed by atoms with Crippen molar-refractivity contribution < 1.29 is 18.0 Å². The summed E-state index contributed by atoms with van der Waals surface area (Å²) in [5.74, 6) is 0.650. The molecule has 0 spiro atoms. The fourth-order valence-corrected chi connectivity index (χ4v) is 5.81. The summed E-state index contributed by atoms with van der Waals surface area (Å²) in [5.41, 5.74) is 1.76. The van der Waals surface area contributed by atoms with Gasteiger partial charge in [0, 0.05) is 43.3 Å². The Balaban J connectivity index is 1.38. The van der Waals surface area contributed by atoms with Gasteiger partial charge in [0.2, 0.25) is 5.91 Å². The number of amides is 2. The normalized spacial score (nSPS) is 18.1. The maximum absolute atomic E-state index is 13.1. The minimum absolute atomic E-state index is 0.0392. The van der Waals surface area contributed by atoms with E-state index in [1.165, 1.54) is 12.1 Å². The van der Waals surface area contributed by atoms with E-state index < -0.39 is 10.0 Å². The fraction of sp³-hybridized carbons (Fsp3) is 0.462. The number of piperidine rings is 2. The quantitative estimate of drug-likeness (QED) is 0.699. The number of nitrogens with one attached hydrogen (secondary N) is 1. The van der Waals surface area contributed by atoms with Crippen LogP contribution in [0.15, 0.2) is 53.4 Å². The second kappa shape index (κ2) is 10.2. The Morgan fingerprint density at radius 1 is 0.882 bits per heavy atom. The highest BCUT2D eigenvalue weighted by Gasteiger charge is 2.32. The summed E-state index contributed by atoms with van der Waals surface area (Å²) in [7, 11) is -3.82. The van der Waals surface area contributed by atoms with Gasteiger partial charge in [0.1, 0.15) is 0 Å². The molecule has 2 aliphatic heterocycles. The number of nitrogens with zero attached hydrogens (tertiary/aromatic N) is 2. The van der Waals surface area contributed by atoms with Crippen molar-refractivity contribution in [3.8, 4) is 0 Å². The van der Waals surface area contributed by atoms with Crippen LogP contribution in [-0.2, 0) is 14.8 Å². The van der Waals surface area contributed by atoms with Crippen LogP contribution < -0.4 is 4.72 Å². The molecule has 34 heavy (non-hydrogen) atoms. The number of carbonyl (C=O) groups is 2. The van der Waals surface area contributed by atoms with Gasteiger partial charge in [-0.25, -0.2) is 8.42 Å². The molecule has 2 heterocycles. The number of hydrogen-bond donors (Lipinski definition) is 1. The van der Waals surface area contributed by atoms with Crippen molar-refractivity contribution >= 4 is 27.5 Å². The van der Waals surface area contributed by atoms with E-state index in [1.54, 1.807) is 35.2 Å². The van der Waals surface area contributed by atoms with Gasteiger partial charge in [0.25, 0.3) is 15.9 Å². The minimum Gasteiger partial charge on any atom is -0.342 e. The van der Waals surface area contributed by atoms with Gasteiger partial charge in [-0.2, -0.15) is 0 Å². The van der Waals surface area contributed by atoms with Gasteiger partial charge in [0.15, 0.2) is 0 Å². The van der Waals surface area contributed by atoms with Crippen molar-refractivity contribution in [3.05, 3.63) is 59.7 Å². The number of sulfonamides is 1. The highest BCUT2D eigenvalue weighted by atomic mass is 32.2. The van der Waals surface area contributed by atoms with Gasteiger partial charge >= 0.3 is 0 Å². The van der Waals surface area contributed by atoms with Crippen LogP contribution in [-0.4, -0.2) is 56.2 Å². The maximum atomic E-state index is 13.1. The molecule has 2 amide bonds. The smallest absolute Gasteiger partial charge is 0.261 e. The number of benzene rings is 2. The molecular weight excluding hydrogens is 450 g/mol. The van der Waals surface area contributed by atoms with E-state index in [1.807, 2.05) is 17.9 Å². The van der Waals surface area contributed by atoms with Gasteiger partial charge in [-0.15, -0.1) is 0 Å². The SMILES string of the molecule is Cc1cccc(NS(=O)(=O)c2cccc(C(=O)N3CCC(C(=O)N4CCC(C)CC4)CC3)c2)c1. The summed E-state index contributed by atoms with van der Waals surface area (Å²) < 4.78 is 28.3. The number of anilines is 1. The Bertz CT molecular complexity index is 1150. The highest BCUT2D eigenvalue weighted by molar-refractivity contribution is 7.92. The second-order valence-corrected chi connectivity index (χ2v) is 11.3. The average molecular weight is 484 g/mol. The van der Waals surface area contributed by atoms with Crippen molar-refractivity contribution in [1.29, 1.82) is 0 Å². The molecule has 8 heteroatoms. The van der Waals surface area contributed by atoms with Crippen molar-refractivity contribution in [1.82, 2.24) is 9.80 Å². The Kier molecular flexibility index (Phi) is 7.26. The lowest BCUT2D eigenvalue weighted by Crippen LogP contribution is -2.46. The molecule has 2 aliphatic rings. The molecule has 0 aliphatic carbocycles.